The van der Waals surface area contributed by atoms with Gasteiger partial charge >= 0.3 is 0 Å². The van der Waals surface area contributed by atoms with E-state index in [0.717, 1.165) is 17.1 Å². The Kier molecular flexibility index (Phi) is 5.87. The molecule has 0 aliphatic carbocycles. The molecule has 1 aromatic heterocycles. The monoisotopic (exact) mass is 330 g/mol. The normalized spacial score (nSPS) is 20.9. The van der Waals surface area contributed by atoms with Gasteiger partial charge in [-0.15, -0.1) is 12.4 Å². The van der Waals surface area contributed by atoms with E-state index >= 15 is 0 Å². The molecule has 1 unspecified atom stereocenters. The second-order valence-electron chi connectivity index (χ2n) is 4.46. The third kappa shape index (κ3) is 3.66. The fraction of sp³-hybridized carbons (Fsp3) is 0.700. The van der Waals surface area contributed by atoms with Gasteiger partial charge in [-0.25, -0.2) is 17.2 Å². The van der Waals surface area contributed by atoms with Gasteiger partial charge in [-0.2, -0.15) is 9.40 Å². The summed E-state index contributed by atoms with van der Waals surface area (Å²) in [5.41, 5.74) is 0. The molecule has 1 fully saturated rings. The summed E-state index contributed by atoms with van der Waals surface area (Å²) in [5.74, 6) is 0. The number of nitrogens with one attached hydrogen (secondary N) is 1. The molecule has 1 aliphatic heterocycles. The van der Waals surface area contributed by atoms with Gasteiger partial charge in [-0.05, 0) is 6.92 Å². The molecule has 2 heterocycles. The number of hydrogen-bond donors (Lipinski definition) is 1. The summed E-state index contributed by atoms with van der Waals surface area (Å²) in [6.45, 7) is 2.71. The largest absolute Gasteiger partial charge is 0.314 e. The van der Waals surface area contributed by atoms with Crippen LogP contribution in [0.25, 0.3) is 0 Å². The maximum Gasteiger partial charge on any atom is 0.257 e. The van der Waals surface area contributed by atoms with Gasteiger partial charge in [-0.1, -0.05) is 0 Å². The number of rotatable bonds is 4. The number of halogens is 3. The summed E-state index contributed by atoms with van der Waals surface area (Å²) < 4.78 is 51.5. The predicted molar refractivity (Wildman–Crippen MR) is 71.7 cm³/mol. The van der Waals surface area contributed by atoms with Crippen molar-refractivity contribution < 1.29 is 17.2 Å². The van der Waals surface area contributed by atoms with Crippen LogP contribution in [0.3, 0.4) is 0 Å². The molecule has 1 saturated heterocycles. The first-order chi connectivity index (χ1) is 8.91. The van der Waals surface area contributed by atoms with Crippen LogP contribution in [-0.2, 0) is 16.6 Å². The lowest BCUT2D eigenvalue weighted by Gasteiger charge is -2.32. The fourth-order valence-corrected chi connectivity index (χ4v) is 3.62. The Hall–Kier alpha value is -0.770. The van der Waals surface area contributed by atoms with Crippen molar-refractivity contribution in [3.8, 4) is 0 Å². The number of alkyl halides is 2. The maximum absolute atomic E-state index is 12.4. The van der Waals surface area contributed by atoms with E-state index in [9.17, 15) is 17.2 Å². The number of sulfonamides is 1. The molecular formula is C10H17ClF2N4O2S. The molecule has 0 radical (unpaired) electrons. The molecule has 0 bridgehead atoms. The molecule has 0 saturated carbocycles. The van der Waals surface area contributed by atoms with Crippen LogP contribution in [0, 0.1) is 0 Å². The van der Waals surface area contributed by atoms with Crippen LogP contribution in [0.15, 0.2) is 17.3 Å². The van der Waals surface area contributed by atoms with E-state index < -0.39 is 23.0 Å². The summed E-state index contributed by atoms with van der Waals surface area (Å²) >= 11 is 0. The Morgan fingerprint density at radius 1 is 1.55 bits per heavy atom. The number of piperazine rings is 1. The molecule has 0 spiro atoms. The highest BCUT2D eigenvalue weighted by atomic mass is 35.5. The lowest BCUT2D eigenvalue weighted by Crippen LogP contribution is -2.52. The molecule has 20 heavy (non-hydrogen) atoms. The van der Waals surface area contributed by atoms with Gasteiger partial charge in [0.15, 0.2) is 0 Å². The first-order valence-electron chi connectivity index (χ1n) is 5.94. The average molecular weight is 331 g/mol. The fourth-order valence-electron chi connectivity index (χ4n) is 2.03. The van der Waals surface area contributed by atoms with Crippen molar-refractivity contribution in [2.45, 2.75) is 30.8 Å². The zero-order valence-corrected chi connectivity index (χ0v) is 12.5. The van der Waals surface area contributed by atoms with Crippen LogP contribution in [0.2, 0.25) is 0 Å². The van der Waals surface area contributed by atoms with Crippen molar-refractivity contribution in [3.05, 3.63) is 12.4 Å². The van der Waals surface area contributed by atoms with Crippen molar-refractivity contribution in [3.63, 3.8) is 0 Å². The smallest absolute Gasteiger partial charge is 0.257 e. The molecule has 6 nitrogen and oxygen atoms in total. The number of aromatic nitrogens is 2. The first kappa shape index (κ1) is 17.3. The molecular weight excluding hydrogens is 314 g/mol. The van der Waals surface area contributed by atoms with Gasteiger partial charge in [0.25, 0.3) is 6.43 Å². The van der Waals surface area contributed by atoms with Crippen LogP contribution in [0.5, 0.6) is 0 Å². The van der Waals surface area contributed by atoms with Gasteiger partial charge in [0, 0.05) is 31.9 Å². The van der Waals surface area contributed by atoms with Crippen molar-refractivity contribution in [1.29, 1.82) is 0 Å². The van der Waals surface area contributed by atoms with Crippen LogP contribution in [-0.4, -0.2) is 54.6 Å². The SMILES string of the molecule is CC1CNCCN1S(=O)(=O)c1cnn(CC(F)F)c1.Cl. The Morgan fingerprint density at radius 3 is 2.85 bits per heavy atom. The van der Waals surface area contributed by atoms with Crippen molar-refractivity contribution in [2.24, 2.45) is 0 Å². The summed E-state index contributed by atoms with van der Waals surface area (Å²) in [6, 6.07) is -0.169. The van der Waals surface area contributed by atoms with Crippen molar-refractivity contribution >= 4 is 22.4 Å². The molecule has 0 amide bonds. The minimum atomic E-state index is -3.66. The second-order valence-corrected chi connectivity index (χ2v) is 6.35. The summed E-state index contributed by atoms with van der Waals surface area (Å²) in [6.07, 6.45) is -0.295. The molecule has 1 N–H and O–H groups in total. The van der Waals surface area contributed by atoms with Crippen LogP contribution >= 0.6 is 12.4 Å². The molecule has 1 aromatic rings. The highest BCUT2D eigenvalue weighted by molar-refractivity contribution is 7.89. The molecule has 2 rings (SSSR count). The summed E-state index contributed by atoms with van der Waals surface area (Å²) in [4.78, 5) is -0.0399. The predicted octanol–water partition coefficient (Wildman–Crippen LogP) is 0.552. The minimum Gasteiger partial charge on any atom is -0.314 e. The second kappa shape index (κ2) is 6.79. The topological polar surface area (TPSA) is 67.2 Å². The highest BCUT2D eigenvalue weighted by Gasteiger charge is 2.31. The van der Waals surface area contributed by atoms with Crippen LogP contribution < -0.4 is 5.32 Å². The lowest BCUT2D eigenvalue weighted by atomic mass is 10.3. The Balaban J connectivity index is 0.00000200. The van der Waals surface area contributed by atoms with Gasteiger partial charge in [-0.3, -0.25) is 4.68 Å². The van der Waals surface area contributed by atoms with E-state index in [1.54, 1.807) is 6.92 Å². The van der Waals surface area contributed by atoms with Crippen LogP contribution in [0.1, 0.15) is 6.92 Å². The Labute approximate surface area is 122 Å². The van der Waals surface area contributed by atoms with E-state index in [2.05, 4.69) is 10.4 Å². The van der Waals surface area contributed by atoms with E-state index in [4.69, 9.17) is 0 Å². The summed E-state index contributed by atoms with van der Waals surface area (Å²) in [7, 11) is -3.66. The first-order valence-corrected chi connectivity index (χ1v) is 7.38. The van der Waals surface area contributed by atoms with Crippen molar-refractivity contribution in [2.75, 3.05) is 19.6 Å². The average Bonchev–Trinajstić information content (AvgIpc) is 2.77. The standard InChI is InChI=1S/C10H16F2N4O2S.ClH/c1-8-4-13-2-3-16(8)19(17,18)9-5-14-15(6-9)7-10(11)12;/h5-6,8,10,13H,2-4,7H2,1H3;1H. The molecule has 0 aromatic carbocycles. The number of hydrogen-bond acceptors (Lipinski definition) is 4. The lowest BCUT2D eigenvalue weighted by molar-refractivity contribution is 0.121. The van der Waals surface area contributed by atoms with E-state index in [1.807, 2.05) is 0 Å². The van der Waals surface area contributed by atoms with E-state index in [-0.39, 0.29) is 23.3 Å². The van der Waals surface area contributed by atoms with E-state index in [1.165, 1.54) is 4.31 Å². The third-order valence-corrected chi connectivity index (χ3v) is 4.95. The molecule has 1 atom stereocenters. The third-order valence-electron chi connectivity index (χ3n) is 2.98. The summed E-state index contributed by atoms with van der Waals surface area (Å²) in [5, 5.41) is 6.75. The molecule has 10 heteroatoms. The zero-order chi connectivity index (χ0) is 14.0. The van der Waals surface area contributed by atoms with Crippen LogP contribution in [0.4, 0.5) is 8.78 Å². The van der Waals surface area contributed by atoms with Gasteiger partial charge in [0.2, 0.25) is 10.0 Å². The van der Waals surface area contributed by atoms with Gasteiger partial charge in [0.1, 0.15) is 11.4 Å². The minimum absolute atomic E-state index is 0. The molecule has 116 valence electrons. The highest BCUT2D eigenvalue weighted by Crippen LogP contribution is 2.18. The van der Waals surface area contributed by atoms with Crippen molar-refractivity contribution in [1.82, 2.24) is 19.4 Å². The Morgan fingerprint density at radius 2 is 2.25 bits per heavy atom. The quantitative estimate of drug-likeness (QED) is 0.875. The van der Waals surface area contributed by atoms with Gasteiger partial charge in [0.05, 0.1) is 6.20 Å². The Bertz CT molecular complexity index is 537. The maximum atomic E-state index is 12.4. The molecule has 1 aliphatic rings. The van der Waals surface area contributed by atoms with Gasteiger partial charge < -0.3 is 5.32 Å². The zero-order valence-electron chi connectivity index (χ0n) is 10.9. The van der Waals surface area contributed by atoms with E-state index in [0.29, 0.717) is 19.6 Å². The number of nitrogens with zero attached hydrogens (tertiary/aromatic N) is 3.